The van der Waals surface area contributed by atoms with Crippen LogP contribution >= 0.6 is 0 Å². The van der Waals surface area contributed by atoms with Crippen molar-refractivity contribution in [3.8, 4) is 0 Å². The van der Waals surface area contributed by atoms with Crippen molar-refractivity contribution >= 4 is 5.97 Å². The van der Waals surface area contributed by atoms with Gasteiger partial charge >= 0.3 is 5.97 Å². The Bertz CT molecular complexity index is 370. The minimum absolute atomic E-state index is 0.170. The lowest BCUT2D eigenvalue weighted by atomic mass is 10.0. The third kappa shape index (κ3) is 1.31. The van der Waals surface area contributed by atoms with Gasteiger partial charge in [-0.3, -0.25) is 4.79 Å². The summed E-state index contributed by atoms with van der Waals surface area (Å²) >= 11 is 0. The molecule has 0 radical (unpaired) electrons. The van der Waals surface area contributed by atoms with Gasteiger partial charge in [0.05, 0.1) is 5.92 Å². The first-order valence-electron chi connectivity index (χ1n) is 4.91. The monoisotopic (exact) mass is 190 g/mol. The van der Waals surface area contributed by atoms with Crippen LogP contribution in [-0.4, -0.2) is 11.1 Å². The molecule has 2 nitrogen and oxygen atoms in total. The first kappa shape index (κ1) is 9.25. The highest BCUT2D eigenvalue weighted by Crippen LogP contribution is 2.54. The minimum atomic E-state index is -0.661. The van der Waals surface area contributed by atoms with E-state index in [-0.39, 0.29) is 17.8 Å². The second-order valence-electron chi connectivity index (χ2n) is 4.11. The number of rotatable bonds is 2. The topological polar surface area (TPSA) is 37.3 Å². The molecule has 0 aliphatic heterocycles. The minimum Gasteiger partial charge on any atom is -0.481 e. The summed E-state index contributed by atoms with van der Waals surface area (Å²) in [6.07, 6.45) is 0. The number of hydrogen-bond donors (Lipinski definition) is 1. The molecule has 0 bridgehead atoms. The summed E-state index contributed by atoms with van der Waals surface area (Å²) in [7, 11) is 0. The molecular weight excluding hydrogens is 176 g/mol. The van der Waals surface area contributed by atoms with E-state index in [2.05, 4.69) is 0 Å². The van der Waals surface area contributed by atoms with E-state index in [1.54, 1.807) is 0 Å². The molecule has 1 saturated carbocycles. The molecule has 1 aliphatic rings. The average Bonchev–Trinajstić information content (AvgIpc) is 2.78. The largest absolute Gasteiger partial charge is 0.481 e. The summed E-state index contributed by atoms with van der Waals surface area (Å²) in [5, 5.41) is 8.95. The van der Waals surface area contributed by atoms with E-state index in [1.807, 2.05) is 38.1 Å². The highest BCUT2D eigenvalue weighted by atomic mass is 16.4. The van der Waals surface area contributed by atoms with E-state index in [9.17, 15) is 4.79 Å². The van der Waals surface area contributed by atoms with Gasteiger partial charge in [0.25, 0.3) is 0 Å². The summed E-state index contributed by atoms with van der Waals surface area (Å²) in [4.78, 5) is 10.9. The van der Waals surface area contributed by atoms with E-state index in [0.29, 0.717) is 0 Å². The zero-order valence-electron chi connectivity index (χ0n) is 8.40. The third-order valence-electron chi connectivity index (χ3n) is 3.21. The Morgan fingerprint density at radius 1 is 1.36 bits per heavy atom. The zero-order chi connectivity index (χ0) is 10.3. The molecule has 0 heterocycles. The van der Waals surface area contributed by atoms with Crippen molar-refractivity contribution in [2.75, 3.05) is 0 Å². The molecule has 3 atom stereocenters. The molecule has 1 aromatic rings. The van der Waals surface area contributed by atoms with Crippen LogP contribution in [-0.2, 0) is 4.79 Å². The summed E-state index contributed by atoms with van der Waals surface area (Å²) in [6.45, 7) is 4.05. The molecule has 0 saturated heterocycles. The summed E-state index contributed by atoms with van der Waals surface area (Å²) in [5.74, 6) is -0.316. The first-order chi connectivity index (χ1) is 6.63. The Morgan fingerprint density at radius 2 is 2.00 bits per heavy atom. The molecular formula is C12H14O2. The predicted octanol–water partition coefficient (Wildman–Crippen LogP) is 2.43. The van der Waals surface area contributed by atoms with Crippen LogP contribution in [0.4, 0.5) is 0 Å². The maximum atomic E-state index is 10.9. The van der Waals surface area contributed by atoms with Crippen molar-refractivity contribution in [2.45, 2.75) is 19.8 Å². The molecule has 1 N–H and O–H groups in total. The maximum Gasteiger partial charge on any atom is 0.307 e. The van der Waals surface area contributed by atoms with Gasteiger partial charge in [-0.05, 0) is 24.0 Å². The molecule has 0 spiro atoms. The summed E-state index contributed by atoms with van der Waals surface area (Å²) in [5.41, 5.74) is 2.40. The number of carboxylic acid groups (broad SMARTS) is 1. The number of aryl methyl sites for hydroxylation is 1. The van der Waals surface area contributed by atoms with Crippen molar-refractivity contribution in [3.63, 3.8) is 0 Å². The molecule has 74 valence electrons. The van der Waals surface area contributed by atoms with Gasteiger partial charge in [0.2, 0.25) is 0 Å². The third-order valence-corrected chi connectivity index (χ3v) is 3.21. The summed E-state index contributed by atoms with van der Waals surface area (Å²) in [6, 6.07) is 8.05. The highest BCUT2D eigenvalue weighted by molar-refractivity contribution is 5.76. The van der Waals surface area contributed by atoms with Crippen LogP contribution in [0.1, 0.15) is 24.0 Å². The number of carboxylic acids is 1. The van der Waals surface area contributed by atoms with Crippen molar-refractivity contribution in [2.24, 2.45) is 11.8 Å². The van der Waals surface area contributed by atoms with Crippen LogP contribution in [0.5, 0.6) is 0 Å². The number of carbonyl (C=O) groups is 1. The fraction of sp³-hybridized carbons (Fsp3) is 0.417. The van der Waals surface area contributed by atoms with E-state index in [0.717, 1.165) is 0 Å². The Labute approximate surface area is 83.6 Å². The van der Waals surface area contributed by atoms with Crippen LogP contribution in [0.25, 0.3) is 0 Å². The van der Waals surface area contributed by atoms with Gasteiger partial charge in [-0.15, -0.1) is 0 Å². The molecule has 2 rings (SSSR count). The first-order valence-corrected chi connectivity index (χ1v) is 4.91. The van der Waals surface area contributed by atoms with Gasteiger partial charge < -0.3 is 5.11 Å². The SMILES string of the molecule is Cc1ccccc1C1C(C)C1C(=O)O. The molecule has 14 heavy (non-hydrogen) atoms. The van der Waals surface area contributed by atoms with Crippen LogP contribution in [0, 0.1) is 18.8 Å². The molecule has 0 amide bonds. The molecule has 1 aliphatic carbocycles. The second-order valence-corrected chi connectivity index (χ2v) is 4.11. The Morgan fingerprint density at radius 3 is 2.50 bits per heavy atom. The lowest BCUT2D eigenvalue weighted by Gasteiger charge is -2.02. The quantitative estimate of drug-likeness (QED) is 0.777. The maximum absolute atomic E-state index is 10.9. The van der Waals surface area contributed by atoms with Crippen molar-refractivity contribution in [1.29, 1.82) is 0 Å². The van der Waals surface area contributed by atoms with Gasteiger partial charge in [0.1, 0.15) is 0 Å². The van der Waals surface area contributed by atoms with Crippen LogP contribution < -0.4 is 0 Å². The summed E-state index contributed by atoms with van der Waals surface area (Å²) < 4.78 is 0. The van der Waals surface area contributed by atoms with E-state index in [1.165, 1.54) is 11.1 Å². The lowest BCUT2D eigenvalue weighted by molar-refractivity contribution is -0.138. The number of benzene rings is 1. The Balaban J connectivity index is 2.27. The normalized spacial score (nSPS) is 30.0. The van der Waals surface area contributed by atoms with Crippen molar-refractivity contribution < 1.29 is 9.90 Å². The standard InChI is InChI=1S/C12H14O2/c1-7-5-3-4-6-9(7)10-8(2)11(10)12(13)14/h3-6,8,10-11H,1-2H3,(H,13,14). The Kier molecular flexibility index (Phi) is 2.06. The van der Waals surface area contributed by atoms with E-state index >= 15 is 0 Å². The molecule has 1 aromatic carbocycles. The van der Waals surface area contributed by atoms with Crippen LogP contribution in [0.3, 0.4) is 0 Å². The Hall–Kier alpha value is -1.31. The van der Waals surface area contributed by atoms with E-state index in [4.69, 9.17) is 5.11 Å². The molecule has 3 unspecified atom stereocenters. The number of aliphatic carboxylic acids is 1. The van der Waals surface area contributed by atoms with Gasteiger partial charge in [0.15, 0.2) is 0 Å². The molecule has 2 heteroatoms. The smallest absolute Gasteiger partial charge is 0.307 e. The highest BCUT2D eigenvalue weighted by Gasteiger charge is 2.52. The predicted molar refractivity (Wildman–Crippen MR) is 54.2 cm³/mol. The second kappa shape index (κ2) is 3.12. The van der Waals surface area contributed by atoms with Crippen LogP contribution in [0.15, 0.2) is 24.3 Å². The van der Waals surface area contributed by atoms with Gasteiger partial charge in [0, 0.05) is 5.92 Å². The molecule has 0 aromatic heterocycles. The van der Waals surface area contributed by atoms with Gasteiger partial charge in [-0.1, -0.05) is 31.2 Å². The number of hydrogen-bond acceptors (Lipinski definition) is 1. The van der Waals surface area contributed by atoms with Crippen molar-refractivity contribution in [1.82, 2.24) is 0 Å². The average molecular weight is 190 g/mol. The lowest BCUT2D eigenvalue weighted by Crippen LogP contribution is -2.00. The van der Waals surface area contributed by atoms with E-state index < -0.39 is 5.97 Å². The molecule has 1 fully saturated rings. The van der Waals surface area contributed by atoms with Gasteiger partial charge in [-0.2, -0.15) is 0 Å². The van der Waals surface area contributed by atoms with Crippen molar-refractivity contribution in [3.05, 3.63) is 35.4 Å². The zero-order valence-corrected chi connectivity index (χ0v) is 8.40. The van der Waals surface area contributed by atoms with Gasteiger partial charge in [-0.25, -0.2) is 0 Å². The van der Waals surface area contributed by atoms with Crippen LogP contribution in [0.2, 0.25) is 0 Å². The fourth-order valence-corrected chi connectivity index (χ4v) is 2.28. The fourth-order valence-electron chi connectivity index (χ4n) is 2.28.